The predicted molar refractivity (Wildman–Crippen MR) is 83.6 cm³/mol. The van der Waals surface area contributed by atoms with Gasteiger partial charge in [0.2, 0.25) is 0 Å². The Morgan fingerprint density at radius 2 is 1.89 bits per heavy atom. The van der Waals surface area contributed by atoms with Gasteiger partial charge in [0.15, 0.2) is 9.84 Å². The van der Waals surface area contributed by atoms with Crippen molar-refractivity contribution in [1.29, 1.82) is 0 Å². The van der Waals surface area contributed by atoms with Crippen LogP contribution >= 0.6 is 11.8 Å². The molecule has 0 radical (unpaired) electrons. The third-order valence-electron chi connectivity index (χ3n) is 4.49. The lowest BCUT2D eigenvalue weighted by atomic mass is 9.94. The molecule has 0 bridgehead atoms. The average molecular weight is 306 g/mol. The number of nitrogens with one attached hydrogen (secondary N) is 1. The maximum absolute atomic E-state index is 11.9. The molecule has 0 saturated heterocycles. The Balaban J connectivity index is 1.90. The zero-order chi connectivity index (χ0) is 13.9. The number of hydrogen-bond donors (Lipinski definition) is 1. The Bertz CT molecular complexity index is 383. The molecular formula is C14H27NO2S2. The van der Waals surface area contributed by atoms with Crippen LogP contribution < -0.4 is 5.32 Å². The quantitative estimate of drug-likeness (QED) is 0.848. The molecule has 19 heavy (non-hydrogen) atoms. The molecule has 0 unspecified atom stereocenters. The minimum absolute atomic E-state index is 0.154. The van der Waals surface area contributed by atoms with Crippen LogP contribution in [-0.4, -0.2) is 43.0 Å². The molecule has 2 aliphatic carbocycles. The van der Waals surface area contributed by atoms with E-state index in [1.165, 1.54) is 37.7 Å². The summed E-state index contributed by atoms with van der Waals surface area (Å²) >= 11 is 2.05. The molecule has 2 fully saturated rings. The first-order chi connectivity index (χ1) is 9.00. The van der Waals surface area contributed by atoms with Gasteiger partial charge in [0.25, 0.3) is 0 Å². The second-order valence-electron chi connectivity index (χ2n) is 6.01. The molecule has 0 heterocycles. The molecule has 3 nitrogen and oxygen atoms in total. The van der Waals surface area contributed by atoms with Crippen molar-refractivity contribution < 1.29 is 8.42 Å². The van der Waals surface area contributed by atoms with E-state index in [0.717, 1.165) is 24.5 Å². The van der Waals surface area contributed by atoms with Crippen LogP contribution in [0.4, 0.5) is 0 Å². The number of hydrogen-bond acceptors (Lipinski definition) is 4. The Morgan fingerprint density at radius 1 is 1.16 bits per heavy atom. The van der Waals surface area contributed by atoms with E-state index in [1.54, 1.807) is 0 Å². The normalized spacial score (nSPS) is 36.5. The van der Waals surface area contributed by atoms with Crippen molar-refractivity contribution in [3.05, 3.63) is 0 Å². The highest BCUT2D eigenvalue weighted by molar-refractivity contribution is 7.99. The summed E-state index contributed by atoms with van der Waals surface area (Å²) in [4.78, 5) is 0. The van der Waals surface area contributed by atoms with E-state index in [-0.39, 0.29) is 11.3 Å². The van der Waals surface area contributed by atoms with Gasteiger partial charge in [0, 0.05) is 23.6 Å². The molecule has 0 aromatic carbocycles. The van der Waals surface area contributed by atoms with Crippen molar-refractivity contribution in [2.24, 2.45) is 0 Å². The van der Waals surface area contributed by atoms with Crippen LogP contribution in [0.2, 0.25) is 0 Å². The third-order valence-corrected chi connectivity index (χ3v) is 7.39. The summed E-state index contributed by atoms with van der Waals surface area (Å²) in [6.45, 7) is 2.21. The number of thioether (sulfide) groups is 1. The van der Waals surface area contributed by atoms with Crippen molar-refractivity contribution in [3.8, 4) is 0 Å². The smallest absolute Gasteiger partial charge is 0.151 e. The first kappa shape index (κ1) is 15.6. The van der Waals surface area contributed by atoms with Crippen molar-refractivity contribution in [2.45, 2.75) is 74.5 Å². The summed E-state index contributed by atoms with van der Waals surface area (Å²) in [5, 5.41) is 4.30. The minimum Gasteiger partial charge on any atom is -0.310 e. The van der Waals surface area contributed by atoms with Gasteiger partial charge in [-0.05, 0) is 37.9 Å². The maximum Gasteiger partial charge on any atom is 0.151 e. The summed E-state index contributed by atoms with van der Waals surface area (Å²) in [6.07, 6.45) is 9.22. The fourth-order valence-corrected chi connectivity index (χ4v) is 6.13. The predicted octanol–water partition coefficient (Wildman–Crippen LogP) is 2.61. The first-order valence-corrected chi connectivity index (χ1v) is 10.6. The van der Waals surface area contributed by atoms with Crippen molar-refractivity contribution in [3.63, 3.8) is 0 Å². The summed E-state index contributed by atoms with van der Waals surface area (Å²) in [7, 11) is -2.91. The fraction of sp³-hybridized carbons (Fsp3) is 1.00. The van der Waals surface area contributed by atoms with Crippen LogP contribution in [-0.2, 0) is 9.84 Å². The van der Waals surface area contributed by atoms with E-state index in [0.29, 0.717) is 6.04 Å². The van der Waals surface area contributed by atoms with Crippen molar-refractivity contribution in [2.75, 3.05) is 12.0 Å². The van der Waals surface area contributed by atoms with Crippen molar-refractivity contribution in [1.82, 2.24) is 5.32 Å². The van der Waals surface area contributed by atoms with E-state index in [9.17, 15) is 8.42 Å². The zero-order valence-corrected chi connectivity index (χ0v) is 13.7. The van der Waals surface area contributed by atoms with E-state index in [4.69, 9.17) is 0 Å². The average Bonchev–Trinajstić information content (AvgIpc) is 2.76. The standard InChI is InChI=1S/C14H27NO2S2/c1-3-18-12-9-8-11(10-12)15-13-6-4-5-7-14(13)19(2,16)17/h11-15H,3-10H2,1-2H3/t11-,12+,13-,14-/m0/s1. The summed E-state index contributed by atoms with van der Waals surface area (Å²) < 4.78 is 23.8. The van der Waals surface area contributed by atoms with Gasteiger partial charge in [-0.15, -0.1) is 0 Å². The number of rotatable bonds is 5. The van der Waals surface area contributed by atoms with Crippen LogP contribution in [0.5, 0.6) is 0 Å². The van der Waals surface area contributed by atoms with Crippen LogP contribution in [0.15, 0.2) is 0 Å². The Kier molecular flexibility index (Phi) is 5.61. The lowest BCUT2D eigenvalue weighted by Crippen LogP contribution is -2.49. The van der Waals surface area contributed by atoms with E-state index >= 15 is 0 Å². The highest BCUT2D eigenvalue weighted by atomic mass is 32.2. The molecule has 0 amide bonds. The lowest BCUT2D eigenvalue weighted by molar-refractivity contribution is 0.337. The van der Waals surface area contributed by atoms with E-state index < -0.39 is 9.84 Å². The zero-order valence-electron chi connectivity index (χ0n) is 12.1. The fourth-order valence-electron chi connectivity index (χ4n) is 3.58. The molecule has 1 N–H and O–H groups in total. The summed E-state index contributed by atoms with van der Waals surface area (Å²) in [5.41, 5.74) is 0. The topological polar surface area (TPSA) is 46.2 Å². The highest BCUT2D eigenvalue weighted by Gasteiger charge is 2.35. The van der Waals surface area contributed by atoms with Crippen LogP contribution in [0.25, 0.3) is 0 Å². The molecule has 4 atom stereocenters. The molecule has 2 saturated carbocycles. The van der Waals surface area contributed by atoms with E-state index in [1.807, 2.05) is 0 Å². The molecule has 0 aliphatic heterocycles. The molecule has 0 spiro atoms. The first-order valence-electron chi connectivity index (χ1n) is 7.57. The second-order valence-corrected chi connectivity index (χ2v) is 9.85. The largest absolute Gasteiger partial charge is 0.310 e. The summed E-state index contributed by atoms with van der Waals surface area (Å²) in [6, 6.07) is 0.732. The van der Waals surface area contributed by atoms with Gasteiger partial charge in [0.05, 0.1) is 5.25 Å². The Labute approximate surface area is 122 Å². The molecule has 5 heteroatoms. The van der Waals surface area contributed by atoms with E-state index in [2.05, 4.69) is 24.0 Å². The van der Waals surface area contributed by atoms with Crippen LogP contribution in [0.3, 0.4) is 0 Å². The van der Waals surface area contributed by atoms with Gasteiger partial charge in [-0.1, -0.05) is 19.8 Å². The SMILES string of the molecule is CCS[C@@H]1CC[C@H](N[C@H]2CCCC[C@@H]2S(C)(=O)=O)C1. The van der Waals surface area contributed by atoms with Crippen LogP contribution in [0.1, 0.15) is 51.9 Å². The molecule has 0 aromatic rings. The van der Waals surface area contributed by atoms with Gasteiger partial charge in [-0.3, -0.25) is 0 Å². The van der Waals surface area contributed by atoms with Gasteiger partial charge in [-0.25, -0.2) is 8.42 Å². The Hall–Kier alpha value is 0.260. The Morgan fingerprint density at radius 3 is 2.58 bits per heavy atom. The highest BCUT2D eigenvalue weighted by Crippen LogP contribution is 2.32. The molecule has 0 aromatic heterocycles. The molecule has 112 valence electrons. The second kappa shape index (κ2) is 6.81. The van der Waals surface area contributed by atoms with Gasteiger partial charge >= 0.3 is 0 Å². The summed E-state index contributed by atoms with van der Waals surface area (Å²) in [5.74, 6) is 1.19. The molecule has 2 aliphatic rings. The van der Waals surface area contributed by atoms with Crippen molar-refractivity contribution >= 4 is 21.6 Å². The molecular weight excluding hydrogens is 278 g/mol. The molecule has 2 rings (SSSR count). The monoisotopic (exact) mass is 305 g/mol. The lowest BCUT2D eigenvalue weighted by Gasteiger charge is -2.33. The maximum atomic E-state index is 11.9. The van der Waals surface area contributed by atoms with Crippen LogP contribution in [0, 0.1) is 0 Å². The minimum atomic E-state index is -2.91. The van der Waals surface area contributed by atoms with Gasteiger partial charge in [-0.2, -0.15) is 11.8 Å². The van der Waals surface area contributed by atoms with Gasteiger partial charge in [0.1, 0.15) is 0 Å². The van der Waals surface area contributed by atoms with Gasteiger partial charge < -0.3 is 5.32 Å². The third kappa shape index (κ3) is 4.36. The number of sulfone groups is 1.